The molecule has 0 fully saturated rings. The lowest BCUT2D eigenvalue weighted by atomic mass is 9.96. The molecule has 0 saturated carbocycles. The molecular formula is C15H23F2NOS. The van der Waals surface area contributed by atoms with Gasteiger partial charge in [-0.1, -0.05) is 13.3 Å². The van der Waals surface area contributed by atoms with Crippen LogP contribution >= 0.6 is 11.8 Å². The first-order chi connectivity index (χ1) is 9.50. The third-order valence-corrected chi connectivity index (χ3v) is 4.34. The van der Waals surface area contributed by atoms with Crippen molar-refractivity contribution >= 4 is 11.8 Å². The van der Waals surface area contributed by atoms with Crippen LogP contribution in [0.2, 0.25) is 0 Å². The Morgan fingerprint density at radius 3 is 2.70 bits per heavy atom. The molecule has 0 saturated heterocycles. The Hall–Kier alpha value is -0.650. The Bertz CT molecular complexity index is 417. The molecule has 1 atom stereocenters. The van der Waals surface area contributed by atoms with Gasteiger partial charge >= 0.3 is 0 Å². The Balaban J connectivity index is 2.30. The quantitative estimate of drug-likeness (QED) is 0.540. The van der Waals surface area contributed by atoms with Gasteiger partial charge in [0.25, 0.3) is 0 Å². The normalized spacial score (nSPS) is 14.2. The number of thioether (sulfide) groups is 1. The molecule has 2 nitrogen and oxygen atoms in total. The number of benzene rings is 1. The third kappa shape index (κ3) is 5.77. The highest BCUT2D eigenvalue weighted by Crippen LogP contribution is 2.24. The maximum absolute atomic E-state index is 13.4. The minimum absolute atomic E-state index is 0.104. The largest absolute Gasteiger partial charge is 0.394 e. The van der Waals surface area contributed by atoms with Gasteiger partial charge in [0, 0.05) is 10.4 Å². The number of rotatable bonds is 9. The van der Waals surface area contributed by atoms with Crippen LogP contribution in [0.25, 0.3) is 0 Å². The van der Waals surface area contributed by atoms with E-state index in [1.54, 1.807) is 0 Å². The van der Waals surface area contributed by atoms with Crippen molar-refractivity contribution in [3.63, 3.8) is 0 Å². The molecule has 1 aromatic carbocycles. The monoisotopic (exact) mass is 303 g/mol. The Morgan fingerprint density at radius 2 is 2.05 bits per heavy atom. The summed E-state index contributed by atoms with van der Waals surface area (Å²) in [5.41, 5.74) is -0.247. The van der Waals surface area contributed by atoms with E-state index in [0.29, 0.717) is 4.90 Å². The minimum Gasteiger partial charge on any atom is -0.394 e. The van der Waals surface area contributed by atoms with Crippen molar-refractivity contribution in [2.75, 3.05) is 18.9 Å². The van der Waals surface area contributed by atoms with E-state index in [9.17, 15) is 13.9 Å². The lowest BCUT2D eigenvalue weighted by Crippen LogP contribution is -2.45. The van der Waals surface area contributed by atoms with Crippen molar-refractivity contribution in [1.82, 2.24) is 5.32 Å². The smallest absolute Gasteiger partial charge is 0.136 e. The molecule has 20 heavy (non-hydrogen) atoms. The molecule has 2 N–H and O–H groups in total. The fourth-order valence-corrected chi connectivity index (χ4v) is 3.01. The summed E-state index contributed by atoms with van der Waals surface area (Å²) in [6.07, 6.45) is 2.71. The molecule has 114 valence electrons. The van der Waals surface area contributed by atoms with Crippen molar-refractivity contribution in [2.24, 2.45) is 0 Å². The maximum Gasteiger partial charge on any atom is 0.136 e. The molecule has 0 aliphatic heterocycles. The zero-order valence-corrected chi connectivity index (χ0v) is 12.9. The predicted molar refractivity (Wildman–Crippen MR) is 80.1 cm³/mol. The summed E-state index contributed by atoms with van der Waals surface area (Å²) in [6, 6.07) is 3.52. The van der Waals surface area contributed by atoms with Gasteiger partial charge in [-0.25, -0.2) is 8.78 Å². The molecule has 0 aliphatic carbocycles. The summed E-state index contributed by atoms with van der Waals surface area (Å²) in [6.45, 7) is 4.93. The van der Waals surface area contributed by atoms with Gasteiger partial charge in [-0.05, 0) is 50.3 Å². The number of unbranched alkanes of at least 4 members (excludes halogenated alkanes) is 1. The number of halogens is 2. The van der Waals surface area contributed by atoms with Crippen LogP contribution in [0.1, 0.15) is 33.1 Å². The second-order valence-corrected chi connectivity index (χ2v) is 6.27. The van der Waals surface area contributed by atoms with Crippen LogP contribution in [-0.2, 0) is 0 Å². The highest BCUT2D eigenvalue weighted by molar-refractivity contribution is 7.99. The van der Waals surface area contributed by atoms with Crippen LogP contribution in [0.5, 0.6) is 0 Å². The predicted octanol–water partition coefficient (Wildman–Crippen LogP) is 3.59. The van der Waals surface area contributed by atoms with E-state index >= 15 is 0 Å². The number of nitrogens with one attached hydrogen (secondary N) is 1. The van der Waals surface area contributed by atoms with Gasteiger partial charge in [0.15, 0.2) is 0 Å². The van der Waals surface area contributed by atoms with Crippen molar-refractivity contribution in [2.45, 2.75) is 43.5 Å². The molecule has 1 aromatic rings. The van der Waals surface area contributed by atoms with Gasteiger partial charge in [-0.3, -0.25) is 0 Å². The van der Waals surface area contributed by atoms with Gasteiger partial charge in [-0.2, -0.15) is 0 Å². The number of aliphatic hydroxyl groups is 1. The van der Waals surface area contributed by atoms with Crippen LogP contribution in [0.3, 0.4) is 0 Å². The van der Waals surface area contributed by atoms with E-state index in [2.05, 4.69) is 5.32 Å². The Labute approximate surface area is 124 Å². The van der Waals surface area contributed by atoms with Crippen molar-refractivity contribution in [3.8, 4) is 0 Å². The highest BCUT2D eigenvalue weighted by atomic mass is 32.2. The van der Waals surface area contributed by atoms with Crippen molar-refractivity contribution < 1.29 is 13.9 Å². The molecule has 1 unspecified atom stereocenters. The standard InChI is InChI=1S/C15H23F2NOS/c1-3-18-15(2,11-19)8-4-5-9-20-14-10-12(16)6-7-13(14)17/h6-7,10,18-19H,3-5,8-9,11H2,1-2H3. The van der Waals surface area contributed by atoms with Crippen LogP contribution in [0.15, 0.2) is 23.1 Å². The lowest BCUT2D eigenvalue weighted by molar-refractivity contribution is 0.165. The fourth-order valence-electron chi connectivity index (χ4n) is 2.04. The fraction of sp³-hybridized carbons (Fsp3) is 0.600. The zero-order valence-electron chi connectivity index (χ0n) is 12.1. The molecule has 0 aromatic heterocycles. The van der Waals surface area contributed by atoms with E-state index in [4.69, 9.17) is 0 Å². The third-order valence-electron chi connectivity index (χ3n) is 3.23. The topological polar surface area (TPSA) is 32.3 Å². The highest BCUT2D eigenvalue weighted by Gasteiger charge is 2.20. The number of likely N-dealkylation sites (N-methyl/N-ethyl adjacent to an activating group) is 1. The zero-order chi connectivity index (χ0) is 15.0. The maximum atomic E-state index is 13.4. The van der Waals surface area contributed by atoms with Gasteiger partial charge < -0.3 is 10.4 Å². The van der Waals surface area contributed by atoms with E-state index < -0.39 is 5.82 Å². The Morgan fingerprint density at radius 1 is 1.30 bits per heavy atom. The second kappa shape index (κ2) is 8.60. The summed E-state index contributed by atoms with van der Waals surface area (Å²) in [4.78, 5) is 0.363. The first kappa shape index (κ1) is 17.4. The average Bonchev–Trinajstić information content (AvgIpc) is 2.42. The Kier molecular flexibility index (Phi) is 7.48. The van der Waals surface area contributed by atoms with Crippen LogP contribution in [-0.4, -0.2) is 29.5 Å². The van der Waals surface area contributed by atoms with Crippen LogP contribution in [0, 0.1) is 11.6 Å². The molecule has 0 amide bonds. The second-order valence-electron chi connectivity index (χ2n) is 5.13. The molecular weight excluding hydrogens is 280 g/mol. The summed E-state index contributed by atoms with van der Waals surface area (Å²) in [5.74, 6) is -0.0354. The average molecular weight is 303 g/mol. The van der Waals surface area contributed by atoms with Crippen LogP contribution < -0.4 is 5.32 Å². The van der Waals surface area contributed by atoms with Gasteiger partial charge in [0.1, 0.15) is 11.6 Å². The molecule has 0 heterocycles. The van der Waals surface area contributed by atoms with Gasteiger partial charge in [0.05, 0.1) is 6.61 Å². The summed E-state index contributed by atoms with van der Waals surface area (Å²) < 4.78 is 26.4. The first-order valence-electron chi connectivity index (χ1n) is 6.94. The molecule has 0 radical (unpaired) electrons. The molecule has 0 spiro atoms. The molecule has 5 heteroatoms. The number of aliphatic hydroxyl groups excluding tert-OH is 1. The van der Waals surface area contributed by atoms with E-state index in [0.717, 1.165) is 43.7 Å². The number of hydrogen-bond donors (Lipinski definition) is 2. The van der Waals surface area contributed by atoms with E-state index in [1.165, 1.54) is 17.8 Å². The lowest BCUT2D eigenvalue weighted by Gasteiger charge is -2.28. The number of hydrogen-bond acceptors (Lipinski definition) is 3. The van der Waals surface area contributed by atoms with Gasteiger partial charge in [0.2, 0.25) is 0 Å². The summed E-state index contributed by atoms with van der Waals surface area (Å²) in [5, 5.41) is 12.6. The van der Waals surface area contributed by atoms with Crippen molar-refractivity contribution in [3.05, 3.63) is 29.8 Å². The van der Waals surface area contributed by atoms with E-state index in [1.807, 2.05) is 13.8 Å². The van der Waals surface area contributed by atoms with E-state index in [-0.39, 0.29) is 18.0 Å². The van der Waals surface area contributed by atoms with Crippen LogP contribution in [0.4, 0.5) is 8.78 Å². The molecule has 0 aliphatic rings. The summed E-state index contributed by atoms with van der Waals surface area (Å²) in [7, 11) is 0. The summed E-state index contributed by atoms with van der Waals surface area (Å²) >= 11 is 1.33. The molecule has 1 rings (SSSR count). The molecule has 0 bridgehead atoms. The SMILES string of the molecule is CCNC(C)(CO)CCCCSc1cc(F)ccc1F. The minimum atomic E-state index is -0.408. The van der Waals surface area contributed by atoms with Gasteiger partial charge in [-0.15, -0.1) is 11.8 Å². The first-order valence-corrected chi connectivity index (χ1v) is 7.93. The van der Waals surface area contributed by atoms with Crippen molar-refractivity contribution in [1.29, 1.82) is 0 Å².